The molecule has 2 aliphatic heterocycles. The van der Waals surface area contributed by atoms with Crippen LogP contribution < -0.4 is 5.32 Å². The molecule has 14 rings (SSSR count). The summed E-state index contributed by atoms with van der Waals surface area (Å²) in [5.41, 5.74) is 4.55. The van der Waals surface area contributed by atoms with Gasteiger partial charge in [-0.15, -0.1) is 20.3 Å². The van der Waals surface area contributed by atoms with Crippen LogP contribution in [0.25, 0.3) is 44.3 Å². The van der Waals surface area contributed by atoms with E-state index >= 15 is 0 Å². The van der Waals surface area contributed by atoms with Crippen LogP contribution in [0.5, 0.6) is 0 Å². The maximum Gasteiger partial charge on any atom is 0.407 e. The van der Waals surface area contributed by atoms with Crippen LogP contribution in [0.2, 0.25) is 0 Å². The van der Waals surface area contributed by atoms with Crippen molar-refractivity contribution in [3.8, 4) is 22.5 Å². The van der Waals surface area contributed by atoms with Crippen LogP contribution in [0.1, 0.15) is 230 Å². The normalized spacial score (nSPS) is 31.6. The molecule has 2 aromatic carbocycles. The minimum Gasteiger partial charge on any atom is -0.461 e. The largest absolute Gasteiger partial charge is 0.461 e. The highest BCUT2D eigenvalue weighted by molar-refractivity contribution is 6.10. The first kappa shape index (κ1) is 74.8. The number of carbonyl (C=O) groups excluding carboxylic acids is 9. The number of benzene rings is 2. The second kappa shape index (κ2) is 29.5. The van der Waals surface area contributed by atoms with Crippen LogP contribution >= 0.6 is 0 Å². The molecule has 0 bridgehead atoms. The van der Waals surface area contributed by atoms with Gasteiger partial charge in [0.15, 0.2) is 0 Å². The van der Waals surface area contributed by atoms with Crippen molar-refractivity contribution >= 4 is 75.4 Å². The Bertz CT molecular complexity index is 4200. The van der Waals surface area contributed by atoms with Crippen molar-refractivity contribution in [2.75, 3.05) is 6.54 Å². The first-order chi connectivity index (χ1) is 50.4. The molecule has 17 atom stereocenters. The summed E-state index contributed by atoms with van der Waals surface area (Å²) in [4.78, 5) is 125. The highest BCUT2D eigenvalue weighted by Crippen LogP contribution is 2.69. The Labute approximate surface area is 621 Å². The number of hydrogen-bond donors (Lipinski definition) is 1. The number of rotatable bonds is 22. The van der Waals surface area contributed by atoms with E-state index in [-0.39, 0.29) is 110 Å². The molecule has 3 aromatic heterocycles. The fourth-order valence-corrected chi connectivity index (χ4v) is 22.7. The molecular formula is C82H110N10O14. The molecule has 7 aliphatic carbocycles. The molecule has 8 unspecified atom stereocenters. The molecule has 9 fully saturated rings. The summed E-state index contributed by atoms with van der Waals surface area (Å²) in [5, 5.41) is 24.1. The second-order valence-electron chi connectivity index (χ2n) is 35.8. The van der Waals surface area contributed by atoms with Crippen molar-refractivity contribution in [2.24, 2.45) is 86.8 Å². The van der Waals surface area contributed by atoms with Crippen LogP contribution in [0.4, 0.5) is 4.79 Å². The average Bonchev–Trinajstić information content (AvgIpc) is 1.05. The fraction of sp³-hybridized carbons (Fsp3) is 0.695. The minimum absolute atomic E-state index is 0.0716. The highest BCUT2D eigenvalue weighted by atomic mass is 16.7. The Morgan fingerprint density at radius 3 is 1.62 bits per heavy atom. The van der Waals surface area contributed by atoms with E-state index in [1.165, 1.54) is 19.3 Å². The third kappa shape index (κ3) is 14.9. The van der Waals surface area contributed by atoms with Gasteiger partial charge < -0.3 is 33.8 Å². The number of carbonyl (C=O) groups is 9. The van der Waals surface area contributed by atoms with Gasteiger partial charge in [-0.2, -0.15) is 0 Å². The van der Waals surface area contributed by atoms with E-state index in [4.69, 9.17) is 23.9 Å². The number of hydrogen-bond acceptors (Lipinski definition) is 18. The summed E-state index contributed by atoms with van der Waals surface area (Å²) < 4.78 is 23.4. The summed E-state index contributed by atoms with van der Waals surface area (Å²) in [5.74, 6) is 1.94. The van der Waals surface area contributed by atoms with E-state index in [9.17, 15) is 43.2 Å². The molecule has 5 aromatic rings. The van der Waals surface area contributed by atoms with Crippen LogP contribution in [-0.2, 0) is 81.9 Å². The lowest BCUT2D eigenvalue weighted by Gasteiger charge is -2.61. The van der Waals surface area contributed by atoms with Crippen molar-refractivity contribution in [3.63, 3.8) is 0 Å². The summed E-state index contributed by atoms with van der Waals surface area (Å²) in [6.45, 7) is 22.7. The number of alkyl carbamates (subject to hydrolysis) is 1. The van der Waals surface area contributed by atoms with Crippen molar-refractivity contribution < 1.29 is 67.0 Å². The van der Waals surface area contributed by atoms with Crippen molar-refractivity contribution in [3.05, 3.63) is 48.8 Å². The van der Waals surface area contributed by atoms with E-state index < -0.39 is 47.3 Å². The number of amides is 5. The Balaban J connectivity index is 0.574. The molecule has 572 valence electrons. The number of esters is 2. The lowest BCUT2D eigenvalue weighted by atomic mass is 9.44. The first-order valence-electron chi connectivity index (χ1n) is 39.8. The van der Waals surface area contributed by atoms with E-state index in [1.807, 2.05) is 32.9 Å². The first-order valence-corrected chi connectivity index (χ1v) is 39.8. The Hall–Kier alpha value is -8.05. The molecule has 1 N–H and O–H groups in total. The van der Waals surface area contributed by atoms with Gasteiger partial charge in [-0.25, -0.2) is 23.7 Å². The predicted octanol–water partition coefficient (Wildman–Crippen LogP) is 14.0. The van der Waals surface area contributed by atoms with Gasteiger partial charge in [0.25, 0.3) is 23.6 Å². The molecule has 7 saturated carbocycles. The van der Waals surface area contributed by atoms with Gasteiger partial charge in [-0.3, -0.25) is 28.8 Å². The molecule has 5 amide bonds. The van der Waals surface area contributed by atoms with Gasteiger partial charge in [0, 0.05) is 84.5 Å². The van der Waals surface area contributed by atoms with Crippen LogP contribution in [0.15, 0.2) is 48.8 Å². The molecular weight excluding hydrogens is 1350 g/mol. The van der Waals surface area contributed by atoms with Gasteiger partial charge >= 0.3 is 30.0 Å². The zero-order valence-corrected chi connectivity index (χ0v) is 63.9. The zero-order chi connectivity index (χ0) is 74.9. The topological polar surface area (TPSA) is 285 Å². The Kier molecular flexibility index (Phi) is 20.8. The van der Waals surface area contributed by atoms with Gasteiger partial charge in [0.2, 0.25) is 0 Å². The van der Waals surface area contributed by atoms with Gasteiger partial charge in [-0.1, -0.05) is 83.2 Å². The van der Waals surface area contributed by atoms with Gasteiger partial charge in [-0.05, 0) is 242 Å². The zero-order valence-electron chi connectivity index (χ0n) is 63.9. The number of hydroxylamine groups is 4. The molecule has 106 heavy (non-hydrogen) atoms. The van der Waals surface area contributed by atoms with Crippen molar-refractivity contribution in [1.29, 1.82) is 0 Å². The van der Waals surface area contributed by atoms with Crippen molar-refractivity contribution in [2.45, 2.75) is 267 Å². The standard InChI is InChI=1S/C82H110N10O14/c1-48(11-27-73(97)105-91-69(93)23-24-70(91)94)50(3)79(7)33-31-62-53(43-79)13-16-54-41-56(29-34-80(54,62)8)102-75(99)46-88-44-65(84-86-88)51-14-18-58-59-19-15-52(40-68(59)90(67(58)39-51)38-37-83-77(101)104-78(4,5)6)66-45-89(87-85-66)47-76(100)103-57-30-35-81(9)55(42-57)17-20-60-63-22-21-61(82(63,10)36-32-64(60)81)49(2)12-28-74(98)106-92-71(95)25-26-72(92)96/h14-15,18-19,39-40,44-45,48-50,53-57,60-64H,11-13,16-17,20-38,41-43,46-47H2,1-10H3,(H,83,101)/t48-,49-,50?,53+,54-,55-,56-,57-,60+,61?,62?,63+,64?,79?,80?,81?,82?/m1/s1. The number of fused-ring (bicyclic) bond motifs is 11. The van der Waals surface area contributed by atoms with Crippen LogP contribution in [-0.4, -0.2) is 123 Å². The summed E-state index contributed by atoms with van der Waals surface area (Å²) in [6, 6.07) is 12.3. The summed E-state index contributed by atoms with van der Waals surface area (Å²) in [6.07, 6.45) is 22.7. The number of nitrogens with zero attached hydrogens (tertiary/aromatic N) is 9. The van der Waals surface area contributed by atoms with E-state index in [2.05, 4.69) is 103 Å². The Morgan fingerprint density at radius 1 is 0.575 bits per heavy atom. The Morgan fingerprint density at radius 2 is 1.08 bits per heavy atom. The second-order valence-corrected chi connectivity index (χ2v) is 35.8. The number of nitrogens with one attached hydrogen (secondary N) is 1. The third-order valence-electron chi connectivity index (χ3n) is 28.6. The highest BCUT2D eigenvalue weighted by Gasteiger charge is 2.61. The van der Waals surface area contributed by atoms with E-state index in [0.717, 1.165) is 123 Å². The van der Waals surface area contributed by atoms with Crippen LogP contribution in [0.3, 0.4) is 0 Å². The summed E-state index contributed by atoms with van der Waals surface area (Å²) >= 11 is 0. The molecule has 0 radical (unpaired) electrons. The molecule has 0 spiro atoms. The van der Waals surface area contributed by atoms with Crippen LogP contribution in [0, 0.1) is 86.8 Å². The average molecular weight is 1460 g/mol. The monoisotopic (exact) mass is 1460 g/mol. The number of ether oxygens (including phenoxy) is 3. The van der Waals surface area contributed by atoms with Crippen molar-refractivity contribution in [1.82, 2.24) is 50.0 Å². The quantitative estimate of drug-likeness (QED) is 0.0383. The number of imide groups is 2. The molecule has 5 heterocycles. The maximum atomic E-state index is 13.8. The molecule has 9 aliphatic rings. The lowest BCUT2D eigenvalue weighted by Crippen LogP contribution is -2.54. The summed E-state index contributed by atoms with van der Waals surface area (Å²) in [7, 11) is 0. The van der Waals surface area contributed by atoms with Gasteiger partial charge in [0.05, 0.1) is 12.4 Å². The van der Waals surface area contributed by atoms with E-state index in [1.54, 1.807) is 21.8 Å². The number of aromatic nitrogens is 7. The maximum absolute atomic E-state index is 13.8. The minimum atomic E-state index is -0.675. The fourth-order valence-electron chi connectivity index (χ4n) is 22.7. The predicted molar refractivity (Wildman–Crippen MR) is 391 cm³/mol. The molecule has 24 nitrogen and oxygen atoms in total. The smallest absolute Gasteiger partial charge is 0.407 e. The molecule has 2 saturated heterocycles. The van der Waals surface area contributed by atoms with Gasteiger partial charge in [0.1, 0.15) is 42.3 Å². The third-order valence-corrected chi connectivity index (χ3v) is 28.6. The lowest BCUT2D eigenvalue weighted by molar-refractivity contribution is -0.197. The SMILES string of the molecule is CC([C@H](C)CCC(=O)ON1C(=O)CCC1=O)C1(C)CCC2[C@@H](CC[C@@H]3C[C@H](OC(=O)Cn4cc(-c5ccc6c7ccc(-c8cn(CC(=O)O[C@@H]9CCC%10(C)C%11CCC%12(C)C([C@H](C)CCC(=O)ON%13C(=O)CCC%13=O)CC[C@H]%12[C@@H]%11CC[C@@H]%10C9)nn8)cc7n(CCNC(=O)OC(C)(C)C)c6c5)nn4)CCC23C)C1. The van der Waals surface area contributed by atoms with E-state index in [0.29, 0.717) is 100 Å². The molecule has 24 heteroatoms.